The van der Waals surface area contributed by atoms with Crippen molar-refractivity contribution in [3.05, 3.63) is 35.4 Å². The molecular weight excluding hydrogens is 246 g/mol. The van der Waals surface area contributed by atoms with Gasteiger partial charge in [-0.3, -0.25) is 4.90 Å². The molecule has 20 heavy (non-hydrogen) atoms. The van der Waals surface area contributed by atoms with Gasteiger partial charge in [-0.2, -0.15) is 0 Å². The average Bonchev–Trinajstić information content (AvgIpc) is 2.48. The van der Waals surface area contributed by atoms with Gasteiger partial charge < -0.3 is 5.11 Å². The Kier molecular flexibility index (Phi) is 8.78. The molecule has 0 bridgehead atoms. The zero-order valence-corrected chi connectivity index (χ0v) is 12.9. The predicted octanol–water partition coefficient (Wildman–Crippen LogP) is 3.43. The highest BCUT2D eigenvalue weighted by Crippen LogP contribution is 2.10. The fourth-order valence-electron chi connectivity index (χ4n) is 2.18. The molecule has 0 radical (unpaired) electrons. The van der Waals surface area contributed by atoms with E-state index in [1.807, 2.05) is 6.07 Å². The molecule has 2 heteroatoms. The summed E-state index contributed by atoms with van der Waals surface area (Å²) in [7, 11) is 0. The molecule has 0 aliphatic heterocycles. The topological polar surface area (TPSA) is 23.5 Å². The minimum absolute atomic E-state index is 0.0800. The van der Waals surface area contributed by atoms with Gasteiger partial charge >= 0.3 is 0 Å². The SMILES string of the molecule is CCCCN(CCCC)Cc1cccc(C#CCO)c1. The standard InChI is InChI=1S/C18H27NO/c1-3-5-12-19(13-6-4-2)16-18-10-7-9-17(15-18)11-8-14-20/h7,9-10,15,20H,3-6,12-14,16H2,1-2H3. The normalized spacial score (nSPS) is 10.4. The van der Waals surface area contributed by atoms with Crippen molar-refractivity contribution in [2.45, 2.75) is 46.1 Å². The lowest BCUT2D eigenvalue weighted by Gasteiger charge is -2.22. The minimum atomic E-state index is -0.0800. The molecule has 1 N–H and O–H groups in total. The van der Waals surface area contributed by atoms with Gasteiger partial charge in [-0.05, 0) is 43.6 Å². The van der Waals surface area contributed by atoms with Crippen LogP contribution in [0.5, 0.6) is 0 Å². The molecule has 2 nitrogen and oxygen atoms in total. The van der Waals surface area contributed by atoms with Gasteiger partial charge in [-0.1, -0.05) is 50.7 Å². The maximum Gasteiger partial charge on any atom is 0.104 e. The highest BCUT2D eigenvalue weighted by molar-refractivity contribution is 5.37. The van der Waals surface area contributed by atoms with Crippen LogP contribution in [0.15, 0.2) is 24.3 Å². The summed E-state index contributed by atoms with van der Waals surface area (Å²) in [6, 6.07) is 8.34. The maximum absolute atomic E-state index is 8.75. The quantitative estimate of drug-likeness (QED) is 0.734. The predicted molar refractivity (Wildman–Crippen MR) is 85.5 cm³/mol. The zero-order valence-electron chi connectivity index (χ0n) is 12.9. The highest BCUT2D eigenvalue weighted by Gasteiger charge is 2.05. The summed E-state index contributed by atoms with van der Waals surface area (Å²) in [6.07, 6.45) is 5.00. The lowest BCUT2D eigenvalue weighted by molar-refractivity contribution is 0.257. The Balaban J connectivity index is 2.66. The van der Waals surface area contributed by atoms with Crippen molar-refractivity contribution in [3.63, 3.8) is 0 Å². The van der Waals surface area contributed by atoms with E-state index >= 15 is 0 Å². The second kappa shape index (κ2) is 10.5. The van der Waals surface area contributed by atoms with Crippen molar-refractivity contribution in [3.8, 4) is 11.8 Å². The van der Waals surface area contributed by atoms with Gasteiger partial charge in [0.2, 0.25) is 0 Å². The van der Waals surface area contributed by atoms with E-state index in [1.54, 1.807) is 0 Å². The number of hydrogen-bond donors (Lipinski definition) is 1. The van der Waals surface area contributed by atoms with Crippen molar-refractivity contribution in [2.75, 3.05) is 19.7 Å². The molecule has 0 aromatic heterocycles. The van der Waals surface area contributed by atoms with Gasteiger partial charge in [0.05, 0.1) is 0 Å². The Hall–Kier alpha value is -1.30. The Morgan fingerprint density at radius 1 is 1.10 bits per heavy atom. The van der Waals surface area contributed by atoms with E-state index in [-0.39, 0.29) is 6.61 Å². The van der Waals surface area contributed by atoms with Crippen molar-refractivity contribution in [1.82, 2.24) is 4.90 Å². The molecule has 1 aromatic rings. The highest BCUT2D eigenvalue weighted by atomic mass is 16.2. The molecule has 0 saturated carbocycles. The van der Waals surface area contributed by atoms with Gasteiger partial charge in [0.1, 0.15) is 6.61 Å². The molecule has 0 fully saturated rings. The van der Waals surface area contributed by atoms with Gasteiger partial charge in [-0.15, -0.1) is 0 Å². The monoisotopic (exact) mass is 273 g/mol. The molecule has 1 rings (SSSR count). The van der Waals surface area contributed by atoms with E-state index in [2.05, 4.69) is 48.8 Å². The van der Waals surface area contributed by atoms with Crippen molar-refractivity contribution >= 4 is 0 Å². The van der Waals surface area contributed by atoms with Crippen LogP contribution in [0.4, 0.5) is 0 Å². The van der Waals surface area contributed by atoms with Gasteiger partial charge in [0, 0.05) is 12.1 Å². The van der Waals surface area contributed by atoms with Crippen LogP contribution in [0.1, 0.15) is 50.7 Å². The molecule has 0 heterocycles. The second-order valence-corrected chi connectivity index (χ2v) is 5.14. The van der Waals surface area contributed by atoms with E-state index < -0.39 is 0 Å². The van der Waals surface area contributed by atoms with Crippen molar-refractivity contribution in [1.29, 1.82) is 0 Å². The average molecular weight is 273 g/mol. The largest absolute Gasteiger partial charge is 0.384 e. The number of aliphatic hydroxyl groups excluding tert-OH is 1. The number of aliphatic hydroxyl groups is 1. The molecule has 1 aromatic carbocycles. The number of unbranched alkanes of at least 4 members (excludes halogenated alkanes) is 2. The van der Waals surface area contributed by atoms with Crippen LogP contribution < -0.4 is 0 Å². The molecule has 0 amide bonds. The fraction of sp³-hybridized carbons (Fsp3) is 0.556. The van der Waals surface area contributed by atoms with Gasteiger partial charge in [-0.25, -0.2) is 0 Å². The lowest BCUT2D eigenvalue weighted by atomic mass is 10.1. The van der Waals surface area contributed by atoms with E-state index in [9.17, 15) is 0 Å². The van der Waals surface area contributed by atoms with Crippen LogP contribution in [0.25, 0.3) is 0 Å². The Morgan fingerprint density at radius 2 is 1.80 bits per heavy atom. The van der Waals surface area contributed by atoms with Crippen LogP contribution in [0, 0.1) is 11.8 Å². The fourth-order valence-corrected chi connectivity index (χ4v) is 2.18. The summed E-state index contributed by atoms with van der Waals surface area (Å²) in [6.45, 7) is 7.73. The van der Waals surface area contributed by atoms with E-state index in [4.69, 9.17) is 5.11 Å². The maximum atomic E-state index is 8.75. The van der Waals surface area contributed by atoms with E-state index in [1.165, 1.54) is 44.3 Å². The summed E-state index contributed by atoms with van der Waals surface area (Å²) in [5.41, 5.74) is 2.30. The summed E-state index contributed by atoms with van der Waals surface area (Å²) >= 11 is 0. The van der Waals surface area contributed by atoms with Crippen molar-refractivity contribution < 1.29 is 5.11 Å². The van der Waals surface area contributed by atoms with Crippen LogP contribution in [0.3, 0.4) is 0 Å². The van der Waals surface area contributed by atoms with E-state index in [0.717, 1.165) is 12.1 Å². The third-order valence-electron chi connectivity index (χ3n) is 3.30. The summed E-state index contributed by atoms with van der Waals surface area (Å²) in [5, 5.41) is 8.75. The Morgan fingerprint density at radius 3 is 2.40 bits per heavy atom. The van der Waals surface area contributed by atoms with Crippen molar-refractivity contribution in [2.24, 2.45) is 0 Å². The van der Waals surface area contributed by atoms with Gasteiger partial charge in [0.25, 0.3) is 0 Å². The van der Waals surface area contributed by atoms with Crippen LogP contribution in [0.2, 0.25) is 0 Å². The van der Waals surface area contributed by atoms with E-state index in [0.29, 0.717) is 0 Å². The number of rotatable bonds is 8. The second-order valence-electron chi connectivity index (χ2n) is 5.14. The molecule has 110 valence electrons. The number of benzene rings is 1. The number of nitrogens with zero attached hydrogens (tertiary/aromatic N) is 1. The molecule has 0 atom stereocenters. The first-order chi connectivity index (χ1) is 9.80. The van der Waals surface area contributed by atoms with Crippen LogP contribution in [-0.4, -0.2) is 29.7 Å². The molecule has 0 unspecified atom stereocenters. The van der Waals surface area contributed by atoms with Crippen LogP contribution >= 0.6 is 0 Å². The minimum Gasteiger partial charge on any atom is -0.384 e. The summed E-state index contributed by atoms with van der Waals surface area (Å²) < 4.78 is 0. The lowest BCUT2D eigenvalue weighted by Crippen LogP contribution is -2.25. The molecule has 0 saturated heterocycles. The summed E-state index contributed by atoms with van der Waals surface area (Å²) in [5.74, 6) is 5.68. The molecule has 0 spiro atoms. The first-order valence-corrected chi connectivity index (χ1v) is 7.71. The molecule has 0 aliphatic carbocycles. The van der Waals surface area contributed by atoms with Gasteiger partial charge in [0.15, 0.2) is 0 Å². The van der Waals surface area contributed by atoms with Crippen LogP contribution in [-0.2, 0) is 6.54 Å². The smallest absolute Gasteiger partial charge is 0.104 e. The number of hydrogen-bond acceptors (Lipinski definition) is 2. The molecular formula is C18H27NO. The third-order valence-corrected chi connectivity index (χ3v) is 3.30. The third kappa shape index (κ3) is 6.75. The zero-order chi connectivity index (χ0) is 14.6. The Bertz CT molecular complexity index is 423. The first kappa shape index (κ1) is 16.8. The first-order valence-electron chi connectivity index (χ1n) is 7.71. The Labute approximate surface area is 123 Å². The summed E-state index contributed by atoms with van der Waals surface area (Å²) in [4.78, 5) is 2.53. The molecule has 0 aliphatic rings.